The van der Waals surface area contributed by atoms with E-state index in [2.05, 4.69) is 20.2 Å². The number of carboxylic acids is 1. The van der Waals surface area contributed by atoms with Crippen molar-refractivity contribution in [1.29, 1.82) is 0 Å². The van der Waals surface area contributed by atoms with Crippen LogP contribution in [0.1, 0.15) is 10.4 Å². The van der Waals surface area contributed by atoms with Gasteiger partial charge in [0.25, 0.3) is 0 Å². The molecule has 1 aromatic rings. The zero-order chi connectivity index (χ0) is 12.9. The molecule has 0 saturated carbocycles. The first kappa shape index (κ1) is 13.3. The molecule has 1 heterocycles. The second kappa shape index (κ2) is 5.55. The number of nitrogens with one attached hydrogen (secondary N) is 2. The Kier molecular flexibility index (Phi) is 4.35. The van der Waals surface area contributed by atoms with Crippen LogP contribution in [-0.2, 0) is 10.0 Å². The molecule has 0 aromatic carbocycles. The molecule has 9 heteroatoms. The highest BCUT2D eigenvalue weighted by atomic mass is 32.2. The number of hydrogen-bond donors (Lipinski definition) is 3. The van der Waals surface area contributed by atoms with Crippen LogP contribution in [0.2, 0.25) is 0 Å². The minimum absolute atomic E-state index is 0.0438. The molecule has 0 radical (unpaired) electrons. The molecule has 1 aromatic heterocycles. The zero-order valence-electron chi connectivity index (χ0n) is 9.04. The lowest BCUT2D eigenvalue weighted by Crippen LogP contribution is -2.26. The molecule has 0 atom stereocenters. The van der Waals surface area contributed by atoms with Crippen molar-refractivity contribution >= 4 is 21.8 Å². The molecular formula is C8H12N4O4S. The van der Waals surface area contributed by atoms with Crippen molar-refractivity contribution in [2.75, 3.05) is 24.7 Å². The fraction of sp³-hybridized carbons (Fsp3) is 0.375. The number of carbonyl (C=O) groups is 1. The maximum absolute atomic E-state index is 11.1. The standard InChI is InChI=1S/C8H12N4O4S/c1-9-17(15,16)5-4-10-7-6(8(13)14)2-3-11-12-7/h2-3,9H,4-5H2,1H3,(H,10,12)(H,13,14). The molecule has 3 N–H and O–H groups in total. The Morgan fingerprint density at radius 2 is 2.24 bits per heavy atom. The molecule has 0 amide bonds. The number of sulfonamides is 1. The summed E-state index contributed by atoms with van der Waals surface area (Å²) < 4.78 is 24.4. The Morgan fingerprint density at radius 3 is 2.82 bits per heavy atom. The molecule has 0 aliphatic rings. The fourth-order valence-corrected chi connectivity index (χ4v) is 1.62. The van der Waals surface area contributed by atoms with Crippen LogP contribution >= 0.6 is 0 Å². The third kappa shape index (κ3) is 3.96. The van der Waals surface area contributed by atoms with Gasteiger partial charge in [0.05, 0.1) is 11.9 Å². The van der Waals surface area contributed by atoms with Crippen LogP contribution in [-0.4, -0.2) is 49.0 Å². The first-order chi connectivity index (χ1) is 7.96. The lowest BCUT2D eigenvalue weighted by Gasteiger charge is -2.07. The van der Waals surface area contributed by atoms with Crippen molar-refractivity contribution in [3.63, 3.8) is 0 Å². The van der Waals surface area contributed by atoms with Crippen LogP contribution in [0.15, 0.2) is 12.3 Å². The summed E-state index contributed by atoms with van der Waals surface area (Å²) in [7, 11) is -2.02. The number of nitrogens with zero attached hydrogens (tertiary/aromatic N) is 2. The summed E-state index contributed by atoms with van der Waals surface area (Å²) in [6.07, 6.45) is 1.25. The van der Waals surface area contributed by atoms with Crippen molar-refractivity contribution in [2.45, 2.75) is 0 Å². The van der Waals surface area contributed by atoms with Crippen LogP contribution in [0.4, 0.5) is 5.82 Å². The van der Waals surface area contributed by atoms with E-state index in [-0.39, 0.29) is 23.7 Å². The number of anilines is 1. The molecule has 94 valence electrons. The maximum atomic E-state index is 11.1. The third-order valence-electron chi connectivity index (χ3n) is 1.93. The van der Waals surface area contributed by atoms with E-state index in [0.717, 1.165) is 0 Å². The SMILES string of the molecule is CNS(=O)(=O)CCNc1nnccc1C(=O)O. The first-order valence-electron chi connectivity index (χ1n) is 4.66. The van der Waals surface area contributed by atoms with Crippen LogP contribution in [0.25, 0.3) is 0 Å². The molecule has 1 rings (SSSR count). The van der Waals surface area contributed by atoms with Crippen LogP contribution in [0.3, 0.4) is 0 Å². The molecule has 0 saturated heterocycles. The van der Waals surface area contributed by atoms with Gasteiger partial charge in [0.2, 0.25) is 10.0 Å². The maximum Gasteiger partial charge on any atom is 0.339 e. The largest absolute Gasteiger partial charge is 0.478 e. The number of hydrogen-bond acceptors (Lipinski definition) is 6. The van der Waals surface area contributed by atoms with Crippen molar-refractivity contribution in [2.24, 2.45) is 0 Å². The summed E-state index contributed by atoms with van der Waals surface area (Å²) in [4.78, 5) is 10.8. The molecule has 0 fully saturated rings. The smallest absolute Gasteiger partial charge is 0.339 e. The number of aromatic carboxylic acids is 1. The van der Waals surface area contributed by atoms with Crippen molar-refractivity contribution in [3.05, 3.63) is 17.8 Å². The van der Waals surface area contributed by atoms with Gasteiger partial charge >= 0.3 is 5.97 Å². The summed E-state index contributed by atoms with van der Waals surface area (Å²) in [6, 6.07) is 1.28. The monoisotopic (exact) mass is 260 g/mol. The highest BCUT2D eigenvalue weighted by molar-refractivity contribution is 7.89. The van der Waals surface area contributed by atoms with E-state index in [1.165, 1.54) is 19.3 Å². The molecule has 0 aliphatic carbocycles. The van der Waals surface area contributed by atoms with E-state index in [1.54, 1.807) is 0 Å². The Bertz CT molecular complexity index is 502. The molecule has 0 unspecified atom stereocenters. The quantitative estimate of drug-likeness (QED) is 0.608. The molecule has 8 nitrogen and oxygen atoms in total. The van der Waals surface area contributed by atoms with Crippen molar-refractivity contribution < 1.29 is 18.3 Å². The summed E-state index contributed by atoms with van der Waals surface area (Å²) in [5.74, 6) is -1.29. The highest BCUT2D eigenvalue weighted by Gasteiger charge is 2.12. The second-order valence-electron chi connectivity index (χ2n) is 3.05. The van der Waals surface area contributed by atoms with Gasteiger partial charge in [-0.15, -0.1) is 5.10 Å². The minimum atomic E-state index is -3.33. The Morgan fingerprint density at radius 1 is 1.53 bits per heavy atom. The van der Waals surface area contributed by atoms with Crippen LogP contribution < -0.4 is 10.0 Å². The summed E-state index contributed by atoms with van der Waals surface area (Å²) in [5, 5.41) is 18.6. The Labute approximate surface area is 98.1 Å². The van der Waals surface area contributed by atoms with E-state index in [4.69, 9.17) is 5.11 Å². The number of carboxylic acid groups (broad SMARTS) is 1. The minimum Gasteiger partial charge on any atom is -0.478 e. The van der Waals surface area contributed by atoms with E-state index in [9.17, 15) is 13.2 Å². The van der Waals surface area contributed by atoms with E-state index in [1.807, 2.05) is 0 Å². The zero-order valence-corrected chi connectivity index (χ0v) is 9.86. The first-order valence-corrected chi connectivity index (χ1v) is 6.31. The predicted molar refractivity (Wildman–Crippen MR) is 60.3 cm³/mol. The van der Waals surface area contributed by atoms with Gasteiger partial charge in [-0.05, 0) is 13.1 Å². The van der Waals surface area contributed by atoms with E-state index < -0.39 is 16.0 Å². The number of aromatic nitrogens is 2. The van der Waals surface area contributed by atoms with E-state index in [0.29, 0.717) is 0 Å². The Hall–Kier alpha value is -1.74. The molecule has 0 spiro atoms. The lowest BCUT2D eigenvalue weighted by atomic mass is 10.3. The van der Waals surface area contributed by atoms with E-state index >= 15 is 0 Å². The molecular weight excluding hydrogens is 248 g/mol. The van der Waals surface area contributed by atoms with Gasteiger partial charge in [0.1, 0.15) is 5.56 Å². The third-order valence-corrected chi connectivity index (χ3v) is 3.29. The number of rotatable bonds is 6. The van der Waals surface area contributed by atoms with Gasteiger partial charge in [0.15, 0.2) is 5.82 Å². The average Bonchev–Trinajstić information content (AvgIpc) is 2.29. The second-order valence-corrected chi connectivity index (χ2v) is 5.09. The van der Waals surface area contributed by atoms with Crippen LogP contribution in [0.5, 0.6) is 0 Å². The fourth-order valence-electron chi connectivity index (χ4n) is 1.04. The predicted octanol–water partition coefficient (Wildman–Crippen LogP) is -0.864. The lowest BCUT2D eigenvalue weighted by molar-refractivity contribution is 0.0697. The van der Waals surface area contributed by atoms with Crippen molar-refractivity contribution in [1.82, 2.24) is 14.9 Å². The molecule has 0 aliphatic heterocycles. The molecule has 0 bridgehead atoms. The molecule has 17 heavy (non-hydrogen) atoms. The van der Waals surface area contributed by atoms with Crippen LogP contribution in [0, 0.1) is 0 Å². The summed E-state index contributed by atoms with van der Waals surface area (Å²) >= 11 is 0. The van der Waals surface area contributed by atoms with Gasteiger partial charge in [-0.25, -0.2) is 17.9 Å². The van der Waals surface area contributed by atoms with Gasteiger partial charge in [-0.1, -0.05) is 0 Å². The Balaban J connectivity index is 2.67. The summed E-state index contributed by atoms with van der Waals surface area (Å²) in [5.41, 5.74) is -0.0538. The highest BCUT2D eigenvalue weighted by Crippen LogP contribution is 2.09. The average molecular weight is 260 g/mol. The van der Waals surface area contributed by atoms with Gasteiger partial charge in [0, 0.05) is 6.54 Å². The summed E-state index contributed by atoms with van der Waals surface area (Å²) in [6.45, 7) is 0.0438. The van der Waals surface area contributed by atoms with Gasteiger partial charge < -0.3 is 10.4 Å². The topological polar surface area (TPSA) is 121 Å². The van der Waals surface area contributed by atoms with Crippen molar-refractivity contribution in [3.8, 4) is 0 Å². The van der Waals surface area contributed by atoms with Gasteiger partial charge in [-0.2, -0.15) is 5.10 Å². The normalized spacial score (nSPS) is 11.1. The van der Waals surface area contributed by atoms with Gasteiger partial charge in [-0.3, -0.25) is 0 Å².